The van der Waals surface area contributed by atoms with Gasteiger partial charge in [-0.3, -0.25) is 0 Å². The number of rotatable bonds is 5. The van der Waals surface area contributed by atoms with Crippen LogP contribution in [-0.4, -0.2) is 42.9 Å². The Morgan fingerprint density at radius 1 is 1.41 bits per heavy atom. The molecule has 2 rings (SSSR count). The zero-order chi connectivity index (χ0) is 15.9. The number of carbonyl (C=O) groups is 1. The molecule has 1 aromatic carbocycles. The topological polar surface area (TPSA) is 64.6 Å². The van der Waals surface area contributed by atoms with E-state index in [4.69, 9.17) is 0 Å². The summed E-state index contributed by atoms with van der Waals surface area (Å²) in [4.78, 5) is 14.2. The van der Waals surface area contributed by atoms with Crippen molar-refractivity contribution in [1.82, 2.24) is 10.6 Å². The summed E-state index contributed by atoms with van der Waals surface area (Å²) in [6.07, 6.45) is 2.28. The first-order chi connectivity index (χ1) is 10.5. The first-order valence-electron chi connectivity index (χ1n) is 8.08. The van der Waals surface area contributed by atoms with Crippen molar-refractivity contribution in [3.8, 4) is 0 Å². The molecule has 0 saturated carbocycles. The number of nitrogens with zero attached hydrogens (tertiary/aromatic N) is 1. The Kier molecular flexibility index (Phi) is 6.07. The molecule has 2 amide bonds. The third-order valence-electron chi connectivity index (χ3n) is 4.00. The summed E-state index contributed by atoms with van der Waals surface area (Å²) < 4.78 is 0. The lowest BCUT2D eigenvalue weighted by Crippen LogP contribution is -2.50. The largest absolute Gasteiger partial charge is 0.393 e. The van der Waals surface area contributed by atoms with E-state index in [0.717, 1.165) is 25.9 Å². The Balaban J connectivity index is 1.80. The number of nitrogens with one attached hydrogen (secondary N) is 2. The zero-order valence-electron chi connectivity index (χ0n) is 13.5. The Labute approximate surface area is 132 Å². The Hall–Kier alpha value is -1.75. The Morgan fingerprint density at radius 3 is 2.82 bits per heavy atom. The fourth-order valence-corrected chi connectivity index (χ4v) is 2.72. The average Bonchev–Trinajstić information content (AvgIpc) is 2.48. The molecule has 0 spiro atoms. The summed E-state index contributed by atoms with van der Waals surface area (Å²) in [6.45, 7) is 6.18. The number of piperidine rings is 1. The molecule has 1 aromatic rings. The highest BCUT2D eigenvalue weighted by Crippen LogP contribution is 2.20. The molecule has 3 N–H and O–H groups in total. The van der Waals surface area contributed by atoms with Crippen molar-refractivity contribution in [2.75, 3.05) is 24.5 Å². The van der Waals surface area contributed by atoms with Crippen LogP contribution in [0.4, 0.5) is 10.5 Å². The van der Waals surface area contributed by atoms with Gasteiger partial charge in [-0.05, 0) is 45.2 Å². The Morgan fingerprint density at radius 2 is 2.14 bits per heavy atom. The number of hydrogen-bond acceptors (Lipinski definition) is 3. The highest BCUT2D eigenvalue weighted by atomic mass is 16.3. The average molecular weight is 305 g/mol. The van der Waals surface area contributed by atoms with E-state index in [-0.39, 0.29) is 18.2 Å². The minimum atomic E-state index is -0.382. The lowest BCUT2D eigenvalue weighted by atomic mass is 10.0. The molecule has 0 aliphatic carbocycles. The van der Waals surface area contributed by atoms with Gasteiger partial charge in [0, 0.05) is 31.4 Å². The normalized spacial score (nSPS) is 19.6. The molecule has 1 saturated heterocycles. The van der Waals surface area contributed by atoms with E-state index in [0.29, 0.717) is 13.0 Å². The summed E-state index contributed by atoms with van der Waals surface area (Å²) in [5.74, 6) is 0. The van der Waals surface area contributed by atoms with Crippen molar-refractivity contribution in [3.63, 3.8) is 0 Å². The van der Waals surface area contributed by atoms with Crippen LogP contribution in [0.2, 0.25) is 0 Å². The van der Waals surface area contributed by atoms with E-state index in [9.17, 15) is 9.90 Å². The molecule has 5 nitrogen and oxygen atoms in total. The van der Waals surface area contributed by atoms with Crippen molar-refractivity contribution >= 4 is 11.7 Å². The maximum Gasteiger partial charge on any atom is 0.315 e. The van der Waals surface area contributed by atoms with E-state index in [1.165, 1.54) is 11.3 Å². The molecule has 1 aliphatic rings. The molecular formula is C17H27N3O2. The number of aliphatic hydroxyl groups is 1. The van der Waals surface area contributed by atoms with Crippen LogP contribution < -0.4 is 15.5 Å². The monoisotopic (exact) mass is 305 g/mol. The summed E-state index contributed by atoms with van der Waals surface area (Å²) in [7, 11) is 0. The van der Waals surface area contributed by atoms with Gasteiger partial charge in [0.05, 0.1) is 6.10 Å². The quantitative estimate of drug-likeness (QED) is 0.780. The van der Waals surface area contributed by atoms with Gasteiger partial charge in [0.2, 0.25) is 0 Å². The second-order valence-electron chi connectivity index (χ2n) is 6.16. The van der Waals surface area contributed by atoms with Crippen LogP contribution >= 0.6 is 0 Å². The maximum atomic E-state index is 11.9. The molecule has 122 valence electrons. The molecule has 5 heteroatoms. The number of amides is 2. The summed E-state index contributed by atoms with van der Waals surface area (Å²) in [5.41, 5.74) is 2.47. The number of carbonyl (C=O) groups excluding carboxylic acids is 1. The van der Waals surface area contributed by atoms with Crippen LogP contribution in [0.5, 0.6) is 0 Å². The second-order valence-corrected chi connectivity index (χ2v) is 6.16. The predicted octanol–water partition coefficient (Wildman–Crippen LogP) is 2.03. The molecule has 0 radical (unpaired) electrons. The van der Waals surface area contributed by atoms with Crippen LogP contribution in [-0.2, 0) is 0 Å². The first kappa shape index (κ1) is 16.6. The minimum absolute atomic E-state index is 0.142. The molecular weight excluding hydrogens is 278 g/mol. The van der Waals surface area contributed by atoms with Crippen molar-refractivity contribution in [1.29, 1.82) is 0 Å². The van der Waals surface area contributed by atoms with E-state index in [1.54, 1.807) is 6.92 Å². The van der Waals surface area contributed by atoms with Crippen molar-refractivity contribution in [2.45, 2.75) is 45.3 Å². The molecule has 2 unspecified atom stereocenters. The lowest BCUT2D eigenvalue weighted by molar-refractivity contribution is 0.183. The van der Waals surface area contributed by atoms with Crippen LogP contribution in [0.25, 0.3) is 0 Å². The van der Waals surface area contributed by atoms with Gasteiger partial charge in [0.25, 0.3) is 0 Å². The Bertz CT molecular complexity index is 473. The standard InChI is InChI=1S/C17H27N3O2/c1-13-5-7-16(8-6-13)20-11-3-4-15(12-20)19-17(22)18-10-9-14(2)21/h5-8,14-15,21H,3-4,9-12H2,1-2H3,(H2,18,19,22). The zero-order valence-corrected chi connectivity index (χ0v) is 13.5. The second kappa shape index (κ2) is 8.03. The fraction of sp³-hybridized carbons (Fsp3) is 0.588. The summed E-state index contributed by atoms with van der Waals surface area (Å²) in [5, 5.41) is 15.0. The van der Waals surface area contributed by atoms with Gasteiger partial charge in [-0.2, -0.15) is 0 Å². The number of anilines is 1. The van der Waals surface area contributed by atoms with Crippen LogP contribution in [0, 0.1) is 6.92 Å². The van der Waals surface area contributed by atoms with Gasteiger partial charge in [0.1, 0.15) is 0 Å². The highest BCUT2D eigenvalue weighted by molar-refractivity contribution is 5.74. The molecule has 0 bridgehead atoms. The molecule has 22 heavy (non-hydrogen) atoms. The van der Waals surface area contributed by atoms with E-state index in [2.05, 4.69) is 46.7 Å². The van der Waals surface area contributed by atoms with Crippen LogP contribution in [0.1, 0.15) is 31.7 Å². The van der Waals surface area contributed by atoms with Gasteiger partial charge in [-0.25, -0.2) is 4.79 Å². The predicted molar refractivity (Wildman–Crippen MR) is 89.2 cm³/mol. The van der Waals surface area contributed by atoms with Crippen LogP contribution in [0.15, 0.2) is 24.3 Å². The van der Waals surface area contributed by atoms with E-state index < -0.39 is 0 Å². The third-order valence-corrected chi connectivity index (χ3v) is 4.00. The number of benzene rings is 1. The van der Waals surface area contributed by atoms with Gasteiger partial charge >= 0.3 is 6.03 Å². The van der Waals surface area contributed by atoms with Crippen LogP contribution in [0.3, 0.4) is 0 Å². The maximum absolute atomic E-state index is 11.9. The molecule has 2 atom stereocenters. The molecule has 1 fully saturated rings. The van der Waals surface area contributed by atoms with Crippen molar-refractivity contribution < 1.29 is 9.90 Å². The summed E-state index contributed by atoms with van der Waals surface area (Å²) in [6, 6.07) is 8.54. The fourth-order valence-electron chi connectivity index (χ4n) is 2.72. The van der Waals surface area contributed by atoms with Gasteiger partial charge < -0.3 is 20.6 Å². The highest BCUT2D eigenvalue weighted by Gasteiger charge is 2.21. The minimum Gasteiger partial charge on any atom is -0.393 e. The third kappa shape index (κ3) is 5.22. The van der Waals surface area contributed by atoms with Crippen molar-refractivity contribution in [2.24, 2.45) is 0 Å². The molecule has 0 aromatic heterocycles. The van der Waals surface area contributed by atoms with Gasteiger partial charge in [-0.1, -0.05) is 17.7 Å². The summed E-state index contributed by atoms with van der Waals surface area (Å²) >= 11 is 0. The van der Waals surface area contributed by atoms with E-state index in [1.807, 2.05) is 0 Å². The SMILES string of the molecule is Cc1ccc(N2CCCC(NC(=O)NCCC(C)O)C2)cc1. The number of hydrogen-bond donors (Lipinski definition) is 3. The number of aryl methyl sites for hydroxylation is 1. The van der Waals surface area contributed by atoms with E-state index >= 15 is 0 Å². The van der Waals surface area contributed by atoms with Gasteiger partial charge in [0.15, 0.2) is 0 Å². The molecule has 1 heterocycles. The smallest absolute Gasteiger partial charge is 0.315 e. The molecule has 1 aliphatic heterocycles. The number of urea groups is 1. The first-order valence-corrected chi connectivity index (χ1v) is 8.08. The van der Waals surface area contributed by atoms with Crippen molar-refractivity contribution in [3.05, 3.63) is 29.8 Å². The van der Waals surface area contributed by atoms with Gasteiger partial charge in [-0.15, -0.1) is 0 Å². The number of aliphatic hydroxyl groups excluding tert-OH is 1. The lowest BCUT2D eigenvalue weighted by Gasteiger charge is -2.34.